The lowest BCUT2D eigenvalue weighted by molar-refractivity contribution is 0.0696. The summed E-state index contributed by atoms with van der Waals surface area (Å²) in [6.45, 7) is 5.98. The van der Waals surface area contributed by atoms with Crippen LogP contribution in [0, 0.1) is 12.7 Å². The van der Waals surface area contributed by atoms with Gasteiger partial charge >= 0.3 is 5.97 Å². The highest BCUT2D eigenvalue weighted by molar-refractivity contribution is 5.97. The van der Waals surface area contributed by atoms with E-state index in [1.807, 2.05) is 13.8 Å². The minimum Gasteiger partial charge on any atom is -0.494 e. The van der Waals surface area contributed by atoms with Crippen molar-refractivity contribution in [3.05, 3.63) is 100 Å². The zero-order valence-corrected chi connectivity index (χ0v) is 21.5. The zero-order valence-electron chi connectivity index (χ0n) is 21.5. The second-order valence-corrected chi connectivity index (χ2v) is 8.06. The Morgan fingerprint density at radius 1 is 0.947 bits per heavy atom. The minimum absolute atomic E-state index is 0.0976. The van der Waals surface area contributed by atoms with Crippen LogP contribution >= 0.6 is 0 Å². The Labute approximate surface area is 219 Å². The summed E-state index contributed by atoms with van der Waals surface area (Å²) in [5, 5.41) is 14.5. The molecule has 0 bridgehead atoms. The van der Waals surface area contributed by atoms with E-state index in [1.165, 1.54) is 35.9 Å². The number of carbonyl (C=O) groups excluding carboxylic acids is 2. The molecule has 38 heavy (non-hydrogen) atoms. The minimum atomic E-state index is -1.03. The Kier molecular flexibility index (Phi) is 9.15. The number of fused-ring (bicyclic) bond motifs is 1. The van der Waals surface area contributed by atoms with Crippen LogP contribution in [0.2, 0.25) is 0 Å². The summed E-state index contributed by atoms with van der Waals surface area (Å²) in [5.74, 6) is -1.99. The zero-order chi connectivity index (χ0) is 27.8. The largest absolute Gasteiger partial charge is 0.494 e. The van der Waals surface area contributed by atoms with Crippen molar-refractivity contribution >= 4 is 23.4 Å². The molecule has 0 fully saturated rings. The number of pyridine rings is 1. The molecule has 0 radical (unpaired) electrons. The highest BCUT2D eigenvalue weighted by atomic mass is 19.1. The number of ether oxygens (including phenoxy) is 1. The predicted molar refractivity (Wildman–Crippen MR) is 140 cm³/mol. The number of benzene rings is 2. The lowest BCUT2D eigenvalue weighted by Gasteiger charge is -2.11. The number of carboxylic acids is 1. The van der Waals surface area contributed by atoms with Crippen LogP contribution < -0.4 is 15.4 Å². The van der Waals surface area contributed by atoms with Crippen LogP contribution in [0.3, 0.4) is 0 Å². The number of aromatic nitrogens is 2. The average molecular weight is 521 g/mol. The Morgan fingerprint density at radius 3 is 2.21 bits per heavy atom. The van der Waals surface area contributed by atoms with Crippen molar-refractivity contribution in [2.24, 2.45) is 0 Å². The number of nitrogens with one attached hydrogen (secondary N) is 2. The van der Waals surface area contributed by atoms with E-state index in [9.17, 15) is 18.8 Å². The van der Waals surface area contributed by atoms with E-state index in [0.717, 1.165) is 5.56 Å². The topological polar surface area (TPSA) is 122 Å². The van der Waals surface area contributed by atoms with E-state index >= 15 is 0 Å². The quantitative estimate of drug-likeness (QED) is 0.317. The molecule has 0 atom stereocenters. The lowest BCUT2D eigenvalue weighted by Crippen LogP contribution is -2.25. The molecule has 2 aromatic carbocycles. The number of hydrogen-bond donors (Lipinski definition) is 3. The normalized spacial score (nSPS) is 10.3. The van der Waals surface area contributed by atoms with Crippen molar-refractivity contribution in [1.82, 2.24) is 20.0 Å². The van der Waals surface area contributed by atoms with E-state index in [1.54, 1.807) is 43.3 Å². The summed E-state index contributed by atoms with van der Waals surface area (Å²) >= 11 is 0. The number of imidazole rings is 1. The SMILES string of the molecule is CC.COc1ccc2nc(C(=O)NCc3ccc(F)c(C)c3)cn2c1C(=O)NCc1ccc(C(=O)O)cc1. The number of aryl methyl sites for hydroxylation is 1. The number of hydrogen-bond acceptors (Lipinski definition) is 5. The molecule has 2 amide bonds. The van der Waals surface area contributed by atoms with Crippen molar-refractivity contribution in [3.8, 4) is 5.75 Å². The highest BCUT2D eigenvalue weighted by Gasteiger charge is 2.20. The van der Waals surface area contributed by atoms with Gasteiger partial charge in [-0.25, -0.2) is 14.2 Å². The highest BCUT2D eigenvalue weighted by Crippen LogP contribution is 2.21. The van der Waals surface area contributed by atoms with Crippen molar-refractivity contribution < 1.29 is 28.6 Å². The van der Waals surface area contributed by atoms with Gasteiger partial charge in [0.05, 0.1) is 12.7 Å². The summed E-state index contributed by atoms with van der Waals surface area (Å²) in [4.78, 5) is 41.1. The van der Waals surface area contributed by atoms with Gasteiger partial charge in [0, 0.05) is 19.3 Å². The summed E-state index contributed by atoms with van der Waals surface area (Å²) in [7, 11) is 1.43. The van der Waals surface area contributed by atoms with Gasteiger partial charge in [-0.1, -0.05) is 38.1 Å². The molecule has 198 valence electrons. The monoisotopic (exact) mass is 520 g/mol. The summed E-state index contributed by atoms with van der Waals surface area (Å²) < 4.78 is 20.3. The smallest absolute Gasteiger partial charge is 0.335 e. The van der Waals surface area contributed by atoms with E-state index in [-0.39, 0.29) is 41.6 Å². The fraction of sp³-hybridized carbons (Fsp3) is 0.214. The molecule has 0 unspecified atom stereocenters. The maximum atomic E-state index is 13.5. The fourth-order valence-electron chi connectivity index (χ4n) is 3.66. The van der Waals surface area contributed by atoms with Gasteiger partial charge in [-0.05, 0) is 53.9 Å². The lowest BCUT2D eigenvalue weighted by atomic mass is 10.1. The maximum Gasteiger partial charge on any atom is 0.335 e. The predicted octanol–water partition coefficient (Wildman–Crippen LogP) is 4.37. The van der Waals surface area contributed by atoms with Crippen molar-refractivity contribution in [3.63, 3.8) is 0 Å². The molecule has 9 nitrogen and oxygen atoms in total. The van der Waals surface area contributed by atoms with Crippen molar-refractivity contribution in [1.29, 1.82) is 0 Å². The van der Waals surface area contributed by atoms with Gasteiger partial charge < -0.3 is 20.5 Å². The molecular formula is C28H29FN4O5. The molecule has 4 aromatic rings. The molecule has 0 aliphatic heterocycles. The van der Waals surface area contributed by atoms with Crippen LogP contribution in [0.15, 0.2) is 60.8 Å². The first-order chi connectivity index (χ1) is 18.3. The number of aromatic carboxylic acids is 1. The molecule has 2 aromatic heterocycles. The van der Waals surface area contributed by atoms with Crippen molar-refractivity contribution in [2.75, 3.05) is 7.11 Å². The number of nitrogens with zero attached hydrogens (tertiary/aromatic N) is 2. The van der Waals surface area contributed by atoms with Gasteiger partial charge in [0.1, 0.15) is 22.9 Å². The molecule has 2 heterocycles. The third-order valence-electron chi connectivity index (χ3n) is 5.59. The van der Waals surface area contributed by atoms with Crippen LogP contribution in [-0.4, -0.2) is 39.4 Å². The Bertz CT molecular complexity index is 1460. The summed E-state index contributed by atoms with van der Waals surface area (Å²) in [6, 6.07) is 13.9. The third kappa shape index (κ3) is 6.33. The van der Waals surface area contributed by atoms with E-state index in [2.05, 4.69) is 15.6 Å². The molecule has 0 saturated carbocycles. The Hall–Kier alpha value is -4.73. The molecule has 3 N–H and O–H groups in total. The second kappa shape index (κ2) is 12.5. The molecule has 4 rings (SSSR count). The summed E-state index contributed by atoms with van der Waals surface area (Å²) in [6.07, 6.45) is 1.44. The number of amides is 2. The molecule has 0 aliphatic carbocycles. The molecule has 0 spiro atoms. The van der Waals surface area contributed by atoms with Gasteiger partial charge in [0.25, 0.3) is 11.8 Å². The number of rotatable bonds is 8. The van der Waals surface area contributed by atoms with E-state index in [4.69, 9.17) is 9.84 Å². The Morgan fingerprint density at radius 2 is 1.58 bits per heavy atom. The van der Waals surface area contributed by atoms with Gasteiger partial charge in [0.2, 0.25) is 0 Å². The molecule has 10 heteroatoms. The van der Waals surface area contributed by atoms with Crippen LogP contribution in [-0.2, 0) is 13.1 Å². The third-order valence-corrected chi connectivity index (χ3v) is 5.59. The number of carboxylic acid groups (broad SMARTS) is 1. The molecule has 0 saturated heterocycles. The molecular weight excluding hydrogens is 491 g/mol. The van der Waals surface area contributed by atoms with Gasteiger partial charge in [0.15, 0.2) is 5.69 Å². The van der Waals surface area contributed by atoms with Crippen LogP contribution in [0.4, 0.5) is 4.39 Å². The van der Waals surface area contributed by atoms with Gasteiger partial charge in [-0.15, -0.1) is 0 Å². The first kappa shape index (κ1) is 27.9. The van der Waals surface area contributed by atoms with Crippen LogP contribution in [0.5, 0.6) is 5.75 Å². The van der Waals surface area contributed by atoms with Gasteiger partial charge in [-0.3, -0.25) is 14.0 Å². The number of halogens is 1. The van der Waals surface area contributed by atoms with Crippen LogP contribution in [0.25, 0.3) is 5.65 Å². The van der Waals surface area contributed by atoms with E-state index in [0.29, 0.717) is 16.8 Å². The standard InChI is InChI=1S/C26H23FN4O5.C2H6/c1-15-11-17(5-8-19(15)27)13-28-24(32)20-14-31-22(30-20)10-9-21(36-2)23(31)25(33)29-12-16-3-6-18(7-4-16)26(34)35;1-2/h3-11,14H,12-13H2,1-2H3,(H,28,32)(H,29,33)(H,34,35);1-2H3. The summed E-state index contributed by atoms with van der Waals surface area (Å²) in [5.41, 5.74) is 2.70. The number of methoxy groups -OCH3 is 1. The Balaban J connectivity index is 0.00000195. The fourth-order valence-corrected chi connectivity index (χ4v) is 3.66. The maximum absolute atomic E-state index is 13.5. The van der Waals surface area contributed by atoms with Crippen LogP contribution in [0.1, 0.15) is 61.9 Å². The second-order valence-electron chi connectivity index (χ2n) is 8.06. The average Bonchev–Trinajstić information content (AvgIpc) is 3.37. The van der Waals surface area contributed by atoms with Crippen molar-refractivity contribution in [2.45, 2.75) is 33.9 Å². The number of carbonyl (C=O) groups is 3. The first-order valence-electron chi connectivity index (χ1n) is 12.0. The molecule has 0 aliphatic rings. The van der Waals surface area contributed by atoms with Gasteiger partial charge in [-0.2, -0.15) is 0 Å². The first-order valence-corrected chi connectivity index (χ1v) is 12.0. The van der Waals surface area contributed by atoms with E-state index < -0.39 is 17.8 Å².